The molecular weight excluding hydrogens is 272 g/mol. The molecule has 2 amide bonds. The van der Waals surface area contributed by atoms with Crippen LogP contribution in [0.4, 0.5) is 10.5 Å². The van der Waals surface area contributed by atoms with Crippen molar-refractivity contribution in [2.75, 3.05) is 38.5 Å². The molecule has 20 heavy (non-hydrogen) atoms. The molecule has 1 aromatic carbocycles. The van der Waals surface area contributed by atoms with Crippen LogP contribution in [0.5, 0.6) is 0 Å². The summed E-state index contributed by atoms with van der Waals surface area (Å²) in [7, 11) is 2.08. The number of urea groups is 1. The highest BCUT2D eigenvalue weighted by Crippen LogP contribution is 2.24. The van der Waals surface area contributed by atoms with E-state index in [2.05, 4.69) is 22.2 Å². The number of piperazine rings is 1. The number of likely N-dealkylation sites (N-methyl/N-ethyl adjacent to an activating group) is 1. The van der Waals surface area contributed by atoms with Crippen molar-refractivity contribution in [2.24, 2.45) is 0 Å². The van der Waals surface area contributed by atoms with Gasteiger partial charge in [0, 0.05) is 31.9 Å². The monoisotopic (exact) mass is 290 g/mol. The fourth-order valence-electron chi connectivity index (χ4n) is 2.33. The zero-order valence-corrected chi connectivity index (χ0v) is 12.5. The van der Waals surface area contributed by atoms with Gasteiger partial charge in [0.25, 0.3) is 0 Å². The average molecular weight is 290 g/mol. The number of hydrogen-bond acceptors (Lipinski definition) is 4. The summed E-state index contributed by atoms with van der Waals surface area (Å²) in [5, 5.41) is 4.02. The van der Waals surface area contributed by atoms with Crippen LogP contribution in [-0.4, -0.2) is 54.0 Å². The smallest absolute Gasteiger partial charge is 0.321 e. The van der Waals surface area contributed by atoms with E-state index in [-0.39, 0.29) is 6.03 Å². The lowest BCUT2D eigenvalue weighted by atomic mass is 10.3. The highest BCUT2D eigenvalue weighted by atomic mass is 32.1. The Morgan fingerprint density at radius 2 is 2.05 bits per heavy atom. The highest BCUT2D eigenvalue weighted by Gasteiger charge is 2.19. The summed E-state index contributed by atoms with van der Waals surface area (Å²) in [6.45, 7) is 5.42. The Morgan fingerprint density at radius 1 is 1.30 bits per heavy atom. The third-order valence-corrected chi connectivity index (χ3v) is 4.47. The first kappa shape index (κ1) is 13.3. The topological polar surface area (TPSA) is 48.5 Å². The second-order valence-electron chi connectivity index (χ2n) is 5.14. The minimum Gasteiger partial charge on any atom is -0.322 e. The zero-order chi connectivity index (χ0) is 14.1. The maximum Gasteiger partial charge on any atom is 0.321 e. The number of rotatable bonds is 1. The van der Waals surface area contributed by atoms with Gasteiger partial charge in [-0.1, -0.05) is 0 Å². The summed E-state index contributed by atoms with van der Waals surface area (Å²) >= 11 is 1.65. The van der Waals surface area contributed by atoms with Crippen molar-refractivity contribution < 1.29 is 4.79 Å². The SMILES string of the molecule is Cc1nc2ccc(NC(=O)N3CCN(C)CC3)cc2s1. The molecule has 0 spiro atoms. The fraction of sp³-hybridized carbons (Fsp3) is 0.429. The van der Waals surface area contributed by atoms with Crippen LogP contribution in [0.3, 0.4) is 0 Å². The number of aromatic nitrogens is 1. The van der Waals surface area contributed by atoms with Crippen molar-refractivity contribution in [3.05, 3.63) is 23.2 Å². The van der Waals surface area contributed by atoms with Gasteiger partial charge >= 0.3 is 6.03 Å². The van der Waals surface area contributed by atoms with Gasteiger partial charge in [0.2, 0.25) is 0 Å². The first-order chi connectivity index (χ1) is 9.61. The highest BCUT2D eigenvalue weighted by molar-refractivity contribution is 7.18. The largest absolute Gasteiger partial charge is 0.322 e. The van der Waals surface area contributed by atoms with E-state index >= 15 is 0 Å². The van der Waals surface area contributed by atoms with Crippen molar-refractivity contribution in [2.45, 2.75) is 6.92 Å². The van der Waals surface area contributed by atoms with Crippen LogP contribution in [0, 0.1) is 6.92 Å². The average Bonchev–Trinajstić information content (AvgIpc) is 2.78. The number of hydrogen-bond donors (Lipinski definition) is 1. The van der Waals surface area contributed by atoms with E-state index in [0.717, 1.165) is 47.1 Å². The molecule has 1 N–H and O–H groups in total. The Bertz CT molecular complexity index is 631. The molecule has 1 aliphatic heterocycles. The van der Waals surface area contributed by atoms with Crippen molar-refractivity contribution >= 4 is 33.3 Å². The number of anilines is 1. The fourth-order valence-corrected chi connectivity index (χ4v) is 3.20. The van der Waals surface area contributed by atoms with Crippen LogP contribution in [0.1, 0.15) is 5.01 Å². The third kappa shape index (κ3) is 2.76. The van der Waals surface area contributed by atoms with Gasteiger partial charge in [-0.15, -0.1) is 11.3 Å². The summed E-state index contributed by atoms with van der Waals surface area (Å²) in [4.78, 5) is 20.7. The molecule has 2 heterocycles. The second-order valence-corrected chi connectivity index (χ2v) is 6.37. The van der Waals surface area contributed by atoms with Crippen LogP contribution < -0.4 is 5.32 Å². The van der Waals surface area contributed by atoms with Crippen molar-refractivity contribution in [1.29, 1.82) is 0 Å². The number of benzene rings is 1. The van der Waals surface area contributed by atoms with Crippen LogP contribution in [0.25, 0.3) is 10.2 Å². The Morgan fingerprint density at radius 3 is 2.80 bits per heavy atom. The van der Waals surface area contributed by atoms with Gasteiger partial charge in [0.05, 0.1) is 15.2 Å². The molecule has 1 saturated heterocycles. The predicted octanol–water partition coefficient (Wildman–Crippen LogP) is 2.38. The second kappa shape index (κ2) is 5.38. The number of carbonyl (C=O) groups is 1. The summed E-state index contributed by atoms with van der Waals surface area (Å²) in [6, 6.07) is 5.85. The lowest BCUT2D eigenvalue weighted by Gasteiger charge is -2.32. The normalized spacial score (nSPS) is 16.6. The predicted molar refractivity (Wildman–Crippen MR) is 82.4 cm³/mol. The van der Waals surface area contributed by atoms with Crippen LogP contribution in [-0.2, 0) is 0 Å². The van der Waals surface area contributed by atoms with Crippen molar-refractivity contribution in [3.8, 4) is 0 Å². The number of fused-ring (bicyclic) bond motifs is 1. The minimum atomic E-state index is -0.0151. The summed E-state index contributed by atoms with van der Waals surface area (Å²) in [6.07, 6.45) is 0. The third-order valence-electron chi connectivity index (χ3n) is 3.54. The molecule has 1 aromatic heterocycles. The van der Waals surface area contributed by atoms with Crippen molar-refractivity contribution in [1.82, 2.24) is 14.8 Å². The van der Waals surface area contributed by atoms with E-state index in [1.807, 2.05) is 30.0 Å². The van der Waals surface area contributed by atoms with E-state index in [1.165, 1.54) is 0 Å². The number of carbonyl (C=O) groups excluding carboxylic acids is 1. The number of nitrogens with one attached hydrogen (secondary N) is 1. The lowest BCUT2D eigenvalue weighted by Crippen LogP contribution is -2.48. The summed E-state index contributed by atoms with van der Waals surface area (Å²) in [5.41, 5.74) is 1.83. The van der Waals surface area contributed by atoms with E-state index in [1.54, 1.807) is 11.3 Å². The quantitative estimate of drug-likeness (QED) is 0.877. The molecule has 6 heteroatoms. The van der Waals surface area contributed by atoms with E-state index < -0.39 is 0 Å². The molecule has 5 nitrogen and oxygen atoms in total. The first-order valence-electron chi connectivity index (χ1n) is 6.73. The standard InChI is InChI=1S/C14H18N4OS/c1-10-15-12-4-3-11(9-13(12)20-10)16-14(19)18-7-5-17(2)6-8-18/h3-4,9H,5-8H2,1-2H3,(H,16,19). The molecule has 0 atom stereocenters. The van der Waals surface area contributed by atoms with Gasteiger partial charge in [-0.05, 0) is 32.2 Å². The van der Waals surface area contributed by atoms with Gasteiger partial charge in [-0.2, -0.15) is 0 Å². The minimum absolute atomic E-state index is 0.0151. The van der Waals surface area contributed by atoms with Crippen LogP contribution >= 0.6 is 11.3 Å². The molecule has 0 unspecified atom stereocenters. The Balaban J connectivity index is 1.70. The van der Waals surface area contributed by atoms with E-state index in [0.29, 0.717) is 0 Å². The summed E-state index contributed by atoms with van der Waals surface area (Å²) < 4.78 is 1.11. The summed E-state index contributed by atoms with van der Waals surface area (Å²) in [5.74, 6) is 0. The van der Waals surface area contributed by atoms with Gasteiger partial charge in [-0.25, -0.2) is 9.78 Å². The number of nitrogens with zero attached hydrogens (tertiary/aromatic N) is 3. The zero-order valence-electron chi connectivity index (χ0n) is 11.7. The molecule has 2 aromatic rings. The van der Waals surface area contributed by atoms with Crippen LogP contribution in [0.15, 0.2) is 18.2 Å². The molecule has 0 aliphatic carbocycles. The molecule has 0 saturated carbocycles. The van der Waals surface area contributed by atoms with Gasteiger partial charge in [0.1, 0.15) is 0 Å². The number of amides is 2. The molecule has 1 aliphatic rings. The number of aryl methyl sites for hydroxylation is 1. The molecule has 0 radical (unpaired) electrons. The lowest BCUT2D eigenvalue weighted by molar-refractivity contribution is 0.164. The molecule has 1 fully saturated rings. The number of thiazole rings is 1. The maximum absolute atomic E-state index is 12.2. The molecular formula is C14H18N4OS. The molecule has 0 bridgehead atoms. The van der Waals surface area contributed by atoms with Crippen LogP contribution in [0.2, 0.25) is 0 Å². The maximum atomic E-state index is 12.2. The molecule has 3 rings (SSSR count). The van der Waals surface area contributed by atoms with E-state index in [9.17, 15) is 4.79 Å². The molecule has 106 valence electrons. The Labute approximate surface area is 122 Å². The Kier molecular flexibility index (Phi) is 3.58. The van der Waals surface area contributed by atoms with Crippen molar-refractivity contribution in [3.63, 3.8) is 0 Å². The van der Waals surface area contributed by atoms with Gasteiger partial charge in [0.15, 0.2) is 0 Å². The van der Waals surface area contributed by atoms with E-state index in [4.69, 9.17) is 0 Å². The first-order valence-corrected chi connectivity index (χ1v) is 7.55. The Hall–Kier alpha value is -1.66. The van der Waals surface area contributed by atoms with Gasteiger partial charge in [-0.3, -0.25) is 0 Å². The van der Waals surface area contributed by atoms with Gasteiger partial charge < -0.3 is 15.1 Å².